The normalized spacial score (nSPS) is 10.1. The molecule has 0 atom stereocenters. The van der Waals surface area contributed by atoms with Crippen molar-refractivity contribution in [1.29, 1.82) is 0 Å². The molecule has 0 heterocycles. The summed E-state index contributed by atoms with van der Waals surface area (Å²) in [6.45, 7) is 0.395. The average Bonchev–Trinajstić information content (AvgIpc) is 2.34. The van der Waals surface area contributed by atoms with Crippen molar-refractivity contribution >= 4 is 35.2 Å². The minimum absolute atomic E-state index is 0.0740. The number of carboxylic acids is 1. The molecule has 1 aromatic rings. The Morgan fingerprint density at radius 2 is 1.94 bits per heavy atom. The Kier molecular flexibility index (Phi) is 6.60. The summed E-state index contributed by atoms with van der Waals surface area (Å²) in [7, 11) is 0. The highest BCUT2D eigenvalue weighted by molar-refractivity contribution is 8.00. The lowest BCUT2D eigenvalue weighted by molar-refractivity contribution is -0.137. The van der Waals surface area contributed by atoms with E-state index in [0.29, 0.717) is 23.7 Å². The molecule has 0 aromatic heterocycles. The monoisotopic (exact) mass is 287 g/mol. The smallest absolute Gasteiger partial charge is 0.303 e. The molecule has 0 radical (unpaired) electrons. The molecule has 6 heteroatoms. The second-order valence-corrected chi connectivity index (χ2v) is 5.08. The third-order valence-electron chi connectivity index (χ3n) is 2.07. The quantitative estimate of drug-likeness (QED) is 0.597. The van der Waals surface area contributed by atoms with Crippen LogP contribution in [-0.2, 0) is 9.59 Å². The topological polar surface area (TPSA) is 66.4 Å². The van der Waals surface area contributed by atoms with Gasteiger partial charge in [0, 0.05) is 22.9 Å². The van der Waals surface area contributed by atoms with E-state index < -0.39 is 5.97 Å². The van der Waals surface area contributed by atoms with Gasteiger partial charge in [-0.3, -0.25) is 9.59 Å². The Bertz CT molecular complexity index is 408. The third-order valence-corrected chi connectivity index (χ3v) is 3.34. The molecule has 98 valence electrons. The molecule has 0 spiro atoms. The predicted octanol–water partition coefficient (Wildman–Crippen LogP) is 2.41. The lowest BCUT2D eigenvalue weighted by Crippen LogP contribution is -2.26. The van der Waals surface area contributed by atoms with Crippen LogP contribution < -0.4 is 5.32 Å². The lowest BCUT2D eigenvalue weighted by atomic mass is 10.3. The van der Waals surface area contributed by atoms with Crippen LogP contribution in [0.3, 0.4) is 0 Å². The largest absolute Gasteiger partial charge is 0.481 e. The number of nitrogens with one attached hydrogen (secondary N) is 1. The van der Waals surface area contributed by atoms with Crippen LogP contribution in [0.5, 0.6) is 0 Å². The van der Waals surface area contributed by atoms with Crippen LogP contribution in [0.4, 0.5) is 0 Å². The van der Waals surface area contributed by atoms with Crippen LogP contribution in [0.1, 0.15) is 12.8 Å². The second-order valence-electron chi connectivity index (χ2n) is 3.59. The number of thioether (sulfide) groups is 1. The van der Waals surface area contributed by atoms with Crippen molar-refractivity contribution in [1.82, 2.24) is 5.32 Å². The number of rotatable bonds is 7. The van der Waals surface area contributed by atoms with Crippen molar-refractivity contribution in [3.05, 3.63) is 29.3 Å². The van der Waals surface area contributed by atoms with Crippen LogP contribution in [0.15, 0.2) is 29.2 Å². The summed E-state index contributed by atoms with van der Waals surface area (Å²) in [5.74, 6) is -0.630. The average molecular weight is 288 g/mol. The zero-order valence-electron chi connectivity index (χ0n) is 9.69. The Morgan fingerprint density at radius 3 is 2.56 bits per heavy atom. The molecular weight excluding hydrogens is 274 g/mol. The molecule has 0 unspecified atom stereocenters. The minimum atomic E-state index is -0.847. The molecule has 18 heavy (non-hydrogen) atoms. The first-order valence-corrected chi connectivity index (χ1v) is 6.81. The van der Waals surface area contributed by atoms with Gasteiger partial charge in [0.15, 0.2) is 0 Å². The summed E-state index contributed by atoms with van der Waals surface area (Å²) < 4.78 is 0. The van der Waals surface area contributed by atoms with Crippen molar-refractivity contribution in [2.75, 3.05) is 12.3 Å². The van der Waals surface area contributed by atoms with Gasteiger partial charge in [0.2, 0.25) is 5.91 Å². The standard InChI is InChI=1S/C12H14ClNO3S/c13-9-3-5-10(6-4-9)18-8-11(15)14-7-1-2-12(16)17/h3-6H,1-2,7-8H2,(H,14,15)(H,16,17). The highest BCUT2D eigenvalue weighted by Gasteiger charge is 2.03. The van der Waals surface area contributed by atoms with E-state index in [2.05, 4.69) is 5.32 Å². The maximum atomic E-state index is 11.4. The molecule has 0 fully saturated rings. The summed E-state index contributed by atoms with van der Waals surface area (Å²) >= 11 is 7.16. The summed E-state index contributed by atoms with van der Waals surface area (Å²) in [6, 6.07) is 7.25. The zero-order valence-corrected chi connectivity index (χ0v) is 11.3. The van der Waals surface area contributed by atoms with Gasteiger partial charge < -0.3 is 10.4 Å². The van der Waals surface area contributed by atoms with E-state index in [-0.39, 0.29) is 12.3 Å². The fraction of sp³-hybridized carbons (Fsp3) is 0.333. The highest BCUT2D eigenvalue weighted by atomic mass is 35.5. The first kappa shape index (κ1) is 14.9. The van der Waals surface area contributed by atoms with E-state index in [9.17, 15) is 9.59 Å². The van der Waals surface area contributed by atoms with E-state index in [0.717, 1.165) is 4.90 Å². The van der Waals surface area contributed by atoms with Crippen molar-refractivity contribution in [2.45, 2.75) is 17.7 Å². The van der Waals surface area contributed by atoms with Gasteiger partial charge >= 0.3 is 5.97 Å². The van der Waals surface area contributed by atoms with Crippen molar-refractivity contribution in [3.8, 4) is 0 Å². The van der Waals surface area contributed by atoms with Crippen LogP contribution in [-0.4, -0.2) is 29.3 Å². The van der Waals surface area contributed by atoms with Crippen LogP contribution >= 0.6 is 23.4 Å². The molecule has 1 amide bonds. The number of aliphatic carboxylic acids is 1. The summed E-state index contributed by atoms with van der Waals surface area (Å²) in [5.41, 5.74) is 0. The fourth-order valence-electron chi connectivity index (χ4n) is 1.20. The van der Waals surface area contributed by atoms with Gasteiger partial charge in [0.1, 0.15) is 0 Å². The van der Waals surface area contributed by atoms with Gasteiger partial charge in [-0.05, 0) is 30.7 Å². The molecule has 0 saturated carbocycles. The Labute approximate surface area is 115 Å². The summed E-state index contributed by atoms with van der Waals surface area (Å²) in [5, 5.41) is 11.8. The van der Waals surface area contributed by atoms with Crippen molar-refractivity contribution in [3.63, 3.8) is 0 Å². The highest BCUT2D eigenvalue weighted by Crippen LogP contribution is 2.19. The first-order chi connectivity index (χ1) is 8.58. The number of hydrogen-bond donors (Lipinski definition) is 2. The van der Waals surface area contributed by atoms with E-state index in [1.165, 1.54) is 11.8 Å². The number of halogens is 1. The summed E-state index contributed by atoms with van der Waals surface area (Å²) in [4.78, 5) is 22.6. The van der Waals surface area contributed by atoms with Gasteiger partial charge in [-0.2, -0.15) is 0 Å². The minimum Gasteiger partial charge on any atom is -0.481 e. The maximum absolute atomic E-state index is 11.4. The molecule has 0 aliphatic heterocycles. The number of carboxylic acid groups (broad SMARTS) is 1. The SMILES string of the molecule is O=C(O)CCCNC(=O)CSc1ccc(Cl)cc1. The third kappa shape index (κ3) is 6.51. The molecule has 1 rings (SSSR count). The van der Waals surface area contributed by atoms with Gasteiger partial charge in [-0.1, -0.05) is 11.6 Å². The van der Waals surface area contributed by atoms with E-state index in [1.54, 1.807) is 12.1 Å². The Hall–Kier alpha value is -1.20. The number of amides is 1. The molecule has 0 bridgehead atoms. The first-order valence-electron chi connectivity index (χ1n) is 5.45. The summed E-state index contributed by atoms with van der Waals surface area (Å²) in [6.07, 6.45) is 0.525. The molecule has 2 N–H and O–H groups in total. The fourth-order valence-corrected chi connectivity index (χ4v) is 2.05. The van der Waals surface area contributed by atoms with E-state index in [1.807, 2.05) is 12.1 Å². The molecule has 0 saturated heterocycles. The number of hydrogen-bond acceptors (Lipinski definition) is 3. The van der Waals surface area contributed by atoms with E-state index in [4.69, 9.17) is 16.7 Å². The van der Waals surface area contributed by atoms with Crippen LogP contribution in [0.25, 0.3) is 0 Å². The number of carbonyl (C=O) groups is 2. The second kappa shape index (κ2) is 8.00. The number of carbonyl (C=O) groups excluding carboxylic acids is 1. The van der Waals surface area contributed by atoms with Gasteiger partial charge in [-0.25, -0.2) is 0 Å². The van der Waals surface area contributed by atoms with Crippen molar-refractivity contribution in [2.24, 2.45) is 0 Å². The molecule has 0 aliphatic rings. The Morgan fingerprint density at radius 1 is 1.28 bits per heavy atom. The van der Waals surface area contributed by atoms with Crippen LogP contribution in [0.2, 0.25) is 5.02 Å². The predicted molar refractivity (Wildman–Crippen MR) is 72.1 cm³/mol. The van der Waals surface area contributed by atoms with Gasteiger partial charge in [-0.15, -0.1) is 11.8 Å². The van der Waals surface area contributed by atoms with Gasteiger partial charge in [0.25, 0.3) is 0 Å². The lowest BCUT2D eigenvalue weighted by Gasteiger charge is -2.04. The molecule has 1 aromatic carbocycles. The molecular formula is C12H14ClNO3S. The van der Waals surface area contributed by atoms with Crippen LogP contribution in [0, 0.1) is 0 Å². The van der Waals surface area contributed by atoms with Gasteiger partial charge in [0.05, 0.1) is 5.75 Å². The molecule has 4 nitrogen and oxygen atoms in total. The van der Waals surface area contributed by atoms with Crippen molar-refractivity contribution < 1.29 is 14.7 Å². The maximum Gasteiger partial charge on any atom is 0.303 e. The molecule has 0 aliphatic carbocycles. The number of benzene rings is 1. The Balaban J connectivity index is 2.17. The zero-order chi connectivity index (χ0) is 13.4. The van der Waals surface area contributed by atoms with E-state index >= 15 is 0 Å².